The van der Waals surface area contributed by atoms with Crippen LogP contribution in [0.3, 0.4) is 0 Å². The Kier molecular flexibility index (Phi) is 4.32. The third-order valence-electron chi connectivity index (χ3n) is 4.09. The van der Waals surface area contributed by atoms with E-state index < -0.39 is 0 Å². The van der Waals surface area contributed by atoms with Crippen LogP contribution in [0.4, 0.5) is 4.39 Å². The largest absolute Gasteiger partial charge is 0.311 e. The molecule has 1 saturated heterocycles. The Hall–Kier alpha value is -1.71. The number of benzene rings is 2. The van der Waals surface area contributed by atoms with Gasteiger partial charge in [0.15, 0.2) is 0 Å². The predicted molar refractivity (Wildman–Crippen MR) is 83.5 cm³/mol. The molecule has 1 aliphatic heterocycles. The Morgan fingerprint density at radius 2 is 1.81 bits per heavy atom. The summed E-state index contributed by atoms with van der Waals surface area (Å²) in [4.78, 5) is 2.48. The van der Waals surface area contributed by atoms with E-state index in [-0.39, 0.29) is 5.82 Å². The summed E-state index contributed by atoms with van der Waals surface area (Å²) < 4.78 is 13.1. The van der Waals surface area contributed by atoms with Gasteiger partial charge in [0.2, 0.25) is 0 Å². The van der Waals surface area contributed by atoms with Crippen LogP contribution in [0.15, 0.2) is 54.6 Å². The maximum atomic E-state index is 13.1. The molecule has 3 rings (SSSR count). The maximum absolute atomic E-state index is 13.1. The van der Waals surface area contributed by atoms with Crippen molar-refractivity contribution in [2.24, 2.45) is 0 Å². The summed E-state index contributed by atoms with van der Waals surface area (Å²) in [5.74, 6) is -0.175. The summed E-state index contributed by atoms with van der Waals surface area (Å²) in [6, 6.07) is 18.2. The van der Waals surface area contributed by atoms with Crippen molar-refractivity contribution in [2.75, 3.05) is 13.1 Å². The molecule has 0 aromatic heterocycles. The first-order valence-electron chi connectivity index (χ1n) is 7.49. The number of halogens is 1. The summed E-state index contributed by atoms with van der Waals surface area (Å²) in [6.45, 7) is 5.03. The summed E-state index contributed by atoms with van der Waals surface area (Å²) >= 11 is 0. The zero-order valence-corrected chi connectivity index (χ0v) is 12.3. The van der Waals surface area contributed by atoms with Crippen LogP contribution in [0.25, 0.3) is 0 Å². The van der Waals surface area contributed by atoms with E-state index in [1.165, 1.54) is 11.1 Å². The van der Waals surface area contributed by atoms with Crippen LogP contribution in [-0.4, -0.2) is 24.0 Å². The smallest absolute Gasteiger partial charge is 0.123 e. The number of rotatable bonds is 3. The molecule has 2 nitrogen and oxygen atoms in total. The third kappa shape index (κ3) is 3.49. The van der Waals surface area contributed by atoms with Crippen molar-refractivity contribution in [3.63, 3.8) is 0 Å². The van der Waals surface area contributed by atoms with Gasteiger partial charge in [0.05, 0.1) is 0 Å². The lowest BCUT2D eigenvalue weighted by Gasteiger charge is -2.39. The average Bonchev–Trinajstić information content (AvgIpc) is 2.50. The Morgan fingerprint density at radius 1 is 1.10 bits per heavy atom. The molecular weight excluding hydrogens is 263 g/mol. The molecule has 0 saturated carbocycles. The topological polar surface area (TPSA) is 15.3 Å². The molecule has 2 atom stereocenters. The number of nitrogens with one attached hydrogen (secondary N) is 1. The van der Waals surface area contributed by atoms with Crippen molar-refractivity contribution in [1.82, 2.24) is 10.2 Å². The van der Waals surface area contributed by atoms with Gasteiger partial charge in [0.25, 0.3) is 0 Å². The van der Waals surface area contributed by atoms with Gasteiger partial charge < -0.3 is 5.32 Å². The van der Waals surface area contributed by atoms with Crippen molar-refractivity contribution in [1.29, 1.82) is 0 Å². The highest BCUT2D eigenvalue weighted by Gasteiger charge is 2.26. The van der Waals surface area contributed by atoms with Crippen molar-refractivity contribution in [3.8, 4) is 0 Å². The number of hydrogen-bond donors (Lipinski definition) is 1. The SMILES string of the molecule is C[C@@H]1CN(Cc2ccccc2)[C@@H](c2ccc(F)cc2)CN1. The molecule has 0 unspecified atom stereocenters. The van der Waals surface area contributed by atoms with Crippen molar-refractivity contribution >= 4 is 0 Å². The second kappa shape index (κ2) is 6.37. The van der Waals surface area contributed by atoms with Crippen LogP contribution in [0.1, 0.15) is 24.1 Å². The fourth-order valence-corrected chi connectivity index (χ4v) is 2.99. The summed E-state index contributed by atoms with van der Waals surface area (Å²) in [5, 5.41) is 3.53. The van der Waals surface area contributed by atoms with Crippen molar-refractivity contribution in [3.05, 3.63) is 71.5 Å². The minimum absolute atomic E-state index is 0.175. The van der Waals surface area contributed by atoms with E-state index in [1.807, 2.05) is 18.2 Å². The van der Waals surface area contributed by atoms with Crippen LogP contribution < -0.4 is 5.32 Å². The molecule has 0 radical (unpaired) electrons. The first kappa shape index (κ1) is 14.2. The minimum atomic E-state index is -0.175. The van der Waals surface area contributed by atoms with Gasteiger partial charge >= 0.3 is 0 Å². The Bertz CT molecular complexity index is 568. The van der Waals surface area contributed by atoms with Gasteiger partial charge in [-0.3, -0.25) is 4.90 Å². The van der Waals surface area contributed by atoms with Crippen LogP contribution >= 0.6 is 0 Å². The fourth-order valence-electron chi connectivity index (χ4n) is 2.99. The van der Waals surface area contributed by atoms with E-state index in [9.17, 15) is 4.39 Å². The highest BCUT2D eigenvalue weighted by molar-refractivity contribution is 5.22. The van der Waals surface area contributed by atoms with Gasteiger partial charge in [-0.1, -0.05) is 42.5 Å². The van der Waals surface area contributed by atoms with E-state index >= 15 is 0 Å². The lowest BCUT2D eigenvalue weighted by Crippen LogP contribution is -2.50. The van der Waals surface area contributed by atoms with Crippen LogP contribution in [0, 0.1) is 5.82 Å². The van der Waals surface area contributed by atoms with E-state index in [0.717, 1.165) is 19.6 Å². The molecule has 1 fully saturated rings. The normalized spacial score (nSPS) is 23.1. The molecule has 0 aliphatic carbocycles. The van der Waals surface area contributed by atoms with E-state index in [0.29, 0.717) is 12.1 Å². The van der Waals surface area contributed by atoms with Gasteiger partial charge in [-0.2, -0.15) is 0 Å². The zero-order valence-electron chi connectivity index (χ0n) is 12.3. The number of piperazine rings is 1. The van der Waals surface area contributed by atoms with Crippen molar-refractivity contribution < 1.29 is 4.39 Å². The molecule has 1 heterocycles. The number of nitrogens with zero attached hydrogens (tertiary/aromatic N) is 1. The quantitative estimate of drug-likeness (QED) is 0.929. The van der Waals surface area contributed by atoms with Crippen LogP contribution in [-0.2, 0) is 6.54 Å². The molecular formula is C18H21FN2. The third-order valence-corrected chi connectivity index (χ3v) is 4.09. The highest BCUT2D eigenvalue weighted by atomic mass is 19.1. The summed E-state index contributed by atoms with van der Waals surface area (Å²) in [5.41, 5.74) is 2.49. The van der Waals surface area contributed by atoms with E-state index in [1.54, 1.807) is 12.1 Å². The molecule has 3 heteroatoms. The Morgan fingerprint density at radius 3 is 2.52 bits per heavy atom. The molecule has 0 amide bonds. The fraction of sp³-hybridized carbons (Fsp3) is 0.333. The minimum Gasteiger partial charge on any atom is -0.311 e. The average molecular weight is 284 g/mol. The van der Waals surface area contributed by atoms with Crippen LogP contribution in [0.5, 0.6) is 0 Å². The lowest BCUT2D eigenvalue weighted by atomic mass is 10.0. The van der Waals surface area contributed by atoms with E-state index in [4.69, 9.17) is 0 Å². The summed E-state index contributed by atoms with van der Waals surface area (Å²) in [6.07, 6.45) is 0. The molecule has 0 bridgehead atoms. The first-order valence-corrected chi connectivity index (χ1v) is 7.49. The molecule has 2 aromatic carbocycles. The lowest BCUT2D eigenvalue weighted by molar-refractivity contribution is 0.127. The zero-order chi connectivity index (χ0) is 14.7. The molecule has 110 valence electrons. The second-order valence-corrected chi connectivity index (χ2v) is 5.79. The number of hydrogen-bond acceptors (Lipinski definition) is 2. The highest BCUT2D eigenvalue weighted by Crippen LogP contribution is 2.25. The van der Waals surface area contributed by atoms with Gasteiger partial charge in [-0.25, -0.2) is 4.39 Å². The second-order valence-electron chi connectivity index (χ2n) is 5.79. The molecule has 21 heavy (non-hydrogen) atoms. The van der Waals surface area contributed by atoms with Gasteiger partial charge in [0, 0.05) is 31.7 Å². The Balaban J connectivity index is 1.81. The summed E-state index contributed by atoms with van der Waals surface area (Å²) in [7, 11) is 0. The van der Waals surface area contributed by atoms with Gasteiger partial charge in [-0.15, -0.1) is 0 Å². The van der Waals surface area contributed by atoms with Crippen molar-refractivity contribution in [2.45, 2.75) is 25.6 Å². The molecule has 0 spiro atoms. The first-order chi connectivity index (χ1) is 10.2. The van der Waals surface area contributed by atoms with Crippen LogP contribution in [0.2, 0.25) is 0 Å². The standard InChI is InChI=1S/C18H21FN2/c1-14-12-21(13-15-5-3-2-4-6-15)18(11-20-14)16-7-9-17(19)10-8-16/h2-10,14,18,20H,11-13H2,1H3/t14-,18-/m1/s1. The Labute approximate surface area is 125 Å². The molecule has 2 aromatic rings. The predicted octanol–water partition coefficient (Wildman–Crippen LogP) is 3.36. The van der Waals surface area contributed by atoms with Gasteiger partial charge in [-0.05, 0) is 30.2 Å². The molecule has 1 aliphatic rings. The maximum Gasteiger partial charge on any atom is 0.123 e. The van der Waals surface area contributed by atoms with Gasteiger partial charge in [0.1, 0.15) is 5.82 Å². The monoisotopic (exact) mass is 284 g/mol. The van der Waals surface area contributed by atoms with E-state index in [2.05, 4.69) is 41.4 Å². The molecule has 1 N–H and O–H groups in total.